The Morgan fingerprint density at radius 1 is 1.15 bits per heavy atom. The van der Waals surface area contributed by atoms with Crippen molar-refractivity contribution >= 4 is 48.7 Å². The number of sulfonamides is 1. The van der Waals surface area contributed by atoms with Crippen molar-refractivity contribution in [1.29, 1.82) is 0 Å². The summed E-state index contributed by atoms with van der Waals surface area (Å²) in [6, 6.07) is 2.51. The van der Waals surface area contributed by atoms with Gasteiger partial charge in [-0.25, -0.2) is 21.6 Å². The van der Waals surface area contributed by atoms with Crippen molar-refractivity contribution in [3.8, 4) is 0 Å². The van der Waals surface area contributed by atoms with E-state index in [1.807, 2.05) is 0 Å². The van der Waals surface area contributed by atoms with Crippen LogP contribution >= 0.6 is 23.2 Å². The van der Waals surface area contributed by atoms with Crippen LogP contribution in [0.2, 0.25) is 10.0 Å². The number of benzene rings is 1. The molecule has 0 saturated carbocycles. The number of hydrogen-bond donors (Lipinski definition) is 2. The van der Waals surface area contributed by atoms with Crippen molar-refractivity contribution in [3.05, 3.63) is 22.2 Å². The molecule has 0 aliphatic carbocycles. The van der Waals surface area contributed by atoms with Crippen molar-refractivity contribution < 1.29 is 16.8 Å². The number of hydrogen-bond acceptors (Lipinski definition) is 5. The second-order valence-corrected chi connectivity index (χ2v) is 8.94. The van der Waals surface area contributed by atoms with Gasteiger partial charge in [-0.05, 0) is 12.1 Å². The van der Waals surface area contributed by atoms with E-state index in [0.717, 1.165) is 0 Å². The lowest BCUT2D eigenvalue weighted by Gasteiger charge is -2.10. The maximum Gasteiger partial charge on any atom is 0.243 e. The molecule has 0 aliphatic rings. The van der Waals surface area contributed by atoms with Gasteiger partial charge in [0.2, 0.25) is 10.0 Å². The standard InChI is InChI=1S/C10H14Cl2N2O4S2/c1-2-19(15,16)4-3-14-20(17,18)10-8(11)5-7(13)6-9(10)12/h5-6,14H,2-4,13H2,1H3. The first-order valence-corrected chi connectivity index (χ1v) is 9.59. The average molecular weight is 361 g/mol. The van der Waals surface area contributed by atoms with Gasteiger partial charge in [0, 0.05) is 18.0 Å². The summed E-state index contributed by atoms with van der Waals surface area (Å²) < 4.78 is 48.8. The van der Waals surface area contributed by atoms with Crippen molar-refractivity contribution in [2.45, 2.75) is 11.8 Å². The zero-order valence-electron chi connectivity index (χ0n) is 10.6. The van der Waals surface area contributed by atoms with E-state index in [2.05, 4.69) is 4.72 Å². The minimum absolute atomic E-state index is 0.0574. The van der Waals surface area contributed by atoms with Crippen LogP contribution < -0.4 is 10.5 Å². The highest BCUT2D eigenvalue weighted by molar-refractivity contribution is 7.91. The fourth-order valence-electron chi connectivity index (χ4n) is 1.38. The molecule has 0 atom stereocenters. The number of nitrogens with one attached hydrogen (secondary N) is 1. The van der Waals surface area contributed by atoms with Crippen molar-refractivity contribution in [1.82, 2.24) is 4.72 Å². The molecule has 0 aliphatic heterocycles. The zero-order valence-corrected chi connectivity index (χ0v) is 13.7. The molecule has 0 spiro atoms. The summed E-state index contributed by atoms with van der Waals surface area (Å²) in [4.78, 5) is -0.316. The van der Waals surface area contributed by atoms with E-state index in [4.69, 9.17) is 28.9 Å². The van der Waals surface area contributed by atoms with E-state index < -0.39 is 19.9 Å². The van der Waals surface area contributed by atoms with Gasteiger partial charge in [-0.15, -0.1) is 0 Å². The topological polar surface area (TPSA) is 106 Å². The van der Waals surface area contributed by atoms with Gasteiger partial charge in [0.15, 0.2) is 9.84 Å². The number of nitrogens with two attached hydrogens (primary N) is 1. The molecular weight excluding hydrogens is 347 g/mol. The first kappa shape index (κ1) is 17.5. The molecule has 0 saturated heterocycles. The predicted octanol–water partition coefficient (Wildman–Crippen LogP) is 1.29. The molecule has 1 aromatic carbocycles. The summed E-state index contributed by atoms with van der Waals surface area (Å²) in [6.45, 7) is 1.23. The van der Waals surface area contributed by atoms with Crippen LogP contribution in [-0.4, -0.2) is 34.9 Å². The molecule has 0 heterocycles. The van der Waals surface area contributed by atoms with Gasteiger partial charge in [-0.2, -0.15) is 0 Å². The number of sulfone groups is 1. The van der Waals surface area contributed by atoms with Gasteiger partial charge in [-0.3, -0.25) is 0 Å². The van der Waals surface area contributed by atoms with Gasteiger partial charge in [0.1, 0.15) is 4.90 Å². The predicted molar refractivity (Wildman–Crippen MR) is 80.4 cm³/mol. The van der Waals surface area contributed by atoms with Gasteiger partial charge >= 0.3 is 0 Å². The van der Waals surface area contributed by atoms with Crippen LogP contribution in [-0.2, 0) is 19.9 Å². The maximum atomic E-state index is 12.0. The van der Waals surface area contributed by atoms with E-state index in [0.29, 0.717) is 0 Å². The third-order valence-electron chi connectivity index (χ3n) is 2.43. The maximum absolute atomic E-state index is 12.0. The van der Waals surface area contributed by atoms with Crippen molar-refractivity contribution in [3.63, 3.8) is 0 Å². The van der Waals surface area contributed by atoms with Crippen LogP contribution in [0.5, 0.6) is 0 Å². The molecular formula is C10H14Cl2N2O4S2. The molecule has 10 heteroatoms. The summed E-state index contributed by atoms with van der Waals surface area (Å²) in [5.74, 6) is -0.356. The Morgan fingerprint density at radius 3 is 2.10 bits per heavy atom. The highest BCUT2D eigenvalue weighted by Crippen LogP contribution is 2.31. The first-order chi connectivity index (χ1) is 9.09. The second-order valence-electron chi connectivity index (χ2n) is 3.95. The Bertz CT molecular complexity index is 679. The van der Waals surface area contributed by atoms with E-state index in [1.165, 1.54) is 19.1 Å². The van der Waals surface area contributed by atoms with Crippen LogP contribution in [0.25, 0.3) is 0 Å². The van der Waals surface area contributed by atoms with E-state index >= 15 is 0 Å². The monoisotopic (exact) mass is 360 g/mol. The fourth-order valence-corrected chi connectivity index (χ4v) is 4.47. The summed E-state index contributed by atoms with van der Waals surface area (Å²) >= 11 is 11.6. The molecule has 1 aromatic rings. The molecule has 0 amide bonds. The van der Waals surface area contributed by atoms with Gasteiger partial charge in [0.25, 0.3) is 0 Å². The summed E-state index contributed by atoms with van der Waals surface area (Å²) in [5.41, 5.74) is 5.71. The highest BCUT2D eigenvalue weighted by Gasteiger charge is 2.22. The summed E-state index contributed by atoms with van der Waals surface area (Å²) in [6.07, 6.45) is 0. The average Bonchev–Trinajstić information content (AvgIpc) is 2.26. The largest absolute Gasteiger partial charge is 0.399 e. The van der Waals surface area contributed by atoms with Gasteiger partial charge < -0.3 is 5.73 Å². The Kier molecular flexibility index (Phi) is 5.68. The molecule has 3 N–H and O–H groups in total. The minimum Gasteiger partial charge on any atom is -0.399 e. The first-order valence-electron chi connectivity index (χ1n) is 5.53. The lowest BCUT2D eigenvalue weighted by molar-refractivity contribution is 0.581. The molecule has 0 bridgehead atoms. The smallest absolute Gasteiger partial charge is 0.243 e. The molecule has 20 heavy (non-hydrogen) atoms. The number of rotatable bonds is 6. The minimum atomic E-state index is -4.00. The number of nitrogen functional groups attached to an aromatic ring is 1. The van der Waals surface area contributed by atoms with Crippen LogP contribution in [0.3, 0.4) is 0 Å². The third kappa shape index (κ3) is 4.49. The SMILES string of the molecule is CCS(=O)(=O)CCNS(=O)(=O)c1c(Cl)cc(N)cc1Cl. The van der Waals surface area contributed by atoms with E-state index in [-0.39, 0.29) is 38.7 Å². The highest BCUT2D eigenvalue weighted by atomic mass is 35.5. The summed E-state index contributed by atoms with van der Waals surface area (Å²) in [5, 5.41) is -0.248. The van der Waals surface area contributed by atoms with Gasteiger partial charge in [-0.1, -0.05) is 30.1 Å². The Morgan fingerprint density at radius 2 is 1.65 bits per heavy atom. The molecule has 1 rings (SSSR count). The summed E-state index contributed by atoms with van der Waals surface area (Å²) in [7, 11) is -7.27. The second kappa shape index (κ2) is 6.48. The quantitative estimate of drug-likeness (QED) is 0.743. The van der Waals surface area contributed by atoms with Crippen LogP contribution in [0.4, 0.5) is 5.69 Å². The Hall–Kier alpha value is -0.540. The Balaban J connectivity index is 2.96. The van der Waals surface area contributed by atoms with E-state index in [1.54, 1.807) is 0 Å². The lowest BCUT2D eigenvalue weighted by atomic mass is 10.3. The molecule has 6 nitrogen and oxygen atoms in total. The molecule has 0 aromatic heterocycles. The third-order valence-corrected chi connectivity index (χ3v) is 6.52. The van der Waals surface area contributed by atoms with Crippen LogP contribution in [0, 0.1) is 0 Å². The van der Waals surface area contributed by atoms with Crippen molar-refractivity contribution in [2.24, 2.45) is 0 Å². The lowest BCUT2D eigenvalue weighted by Crippen LogP contribution is -2.30. The van der Waals surface area contributed by atoms with Crippen molar-refractivity contribution in [2.75, 3.05) is 23.8 Å². The Labute approximate surface area is 128 Å². The normalized spacial score (nSPS) is 12.6. The number of anilines is 1. The van der Waals surface area contributed by atoms with Gasteiger partial charge in [0.05, 0.1) is 15.8 Å². The molecule has 0 unspecified atom stereocenters. The van der Waals surface area contributed by atoms with Crippen LogP contribution in [0.15, 0.2) is 17.0 Å². The number of halogens is 2. The van der Waals surface area contributed by atoms with Crippen LogP contribution in [0.1, 0.15) is 6.92 Å². The zero-order chi connectivity index (χ0) is 15.6. The fraction of sp³-hybridized carbons (Fsp3) is 0.400. The molecule has 0 radical (unpaired) electrons. The van der Waals surface area contributed by atoms with E-state index in [9.17, 15) is 16.8 Å². The molecule has 114 valence electrons. The molecule has 0 fully saturated rings.